The summed E-state index contributed by atoms with van der Waals surface area (Å²) in [6, 6.07) is 25.7. The number of hydrogen-bond acceptors (Lipinski definition) is 4. The van der Waals surface area contributed by atoms with Crippen molar-refractivity contribution in [3.63, 3.8) is 0 Å². The number of amides is 2. The van der Waals surface area contributed by atoms with Crippen LogP contribution >= 0.6 is 46.4 Å². The molecule has 0 radical (unpaired) electrons. The van der Waals surface area contributed by atoms with Gasteiger partial charge in [0.1, 0.15) is 0 Å². The number of fused-ring (bicyclic) bond motifs is 2. The molecule has 252 valence electrons. The van der Waals surface area contributed by atoms with Crippen LogP contribution in [0.3, 0.4) is 0 Å². The van der Waals surface area contributed by atoms with E-state index in [4.69, 9.17) is 56.4 Å². The second-order valence-electron chi connectivity index (χ2n) is 12.7. The number of benzene rings is 4. The monoisotopic (exact) mass is 740 g/mol. The van der Waals surface area contributed by atoms with Crippen LogP contribution in [0.15, 0.2) is 84.9 Å². The summed E-state index contributed by atoms with van der Waals surface area (Å²) in [6.45, 7) is 3.80. The number of rotatable bonds is 6. The first-order chi connectivity index (χ1) is 24.1. The Morgan fingerprint density at radius 2 is 0.960 bits per heavy atom. The predicted octanol–water partition coefficient (Wildman–Crippen LogP) is 10.8. The number of nitrogens with one attached hydrogen (secondary N) is 2. The molecule has 0 bridgehead atoms. The molecule has 0 saturated heterocycles. The lowest BCUT2D eigenvalue weighted by molar-refractivity contribution is 0.0893. The first-order valence-electron chi connectivity index (χ1n) is 16.4. The van der Waals surface area contributed by atoms with E-state index in [1.807, 2.05) is 74.5 Å². The number of nitrogens with zero attached hydrogens (tertiary/aromatic N) is 2. The lowest BCUT2D eigenvalue weighted by Gasteiger charge is -2.30. The molecule has 50 heavy (non-hydrogen) atoms. The molecule has 0 atom stereocenters. The Bertz CT molecular complexity index is 2160. The van der Waals surface area contributed by atoms with Gasteiger partial charge in [0.05, 0.1) is 43.6 Å². The average molecular weight is 743 g/mol. The van der Waals surface area contributed by atoms with Crippen LogP contribution in [0.5, 0.6) is 0 Å². The Labute approximate surface area is 310 Å². The summed E-state index contributed by atoms with van der Waals surface area (Å²) in [7, 11) is 0. The van der Waals surface area contributed by atoms with E-state index in [1.165, 1.54) is 0 Å². The zero-order chi connectivity index (χ0) is 35.1. The fourth-order valence-electron chi connectivity index (χ4n) is 6.98. The third-order valence-electron chi connectivity index (χ3n) is 9.50. The number of carbonyl (C=O) groups is 2. The minimum absolute atomic E-state index is 0.0494. The zero-order valence-corrected chi connectivity index (χ0v) is 30.3. The van der Waals surface area contributed by atoms with Gasteiger partial charge >= 0.3 is 0 Å². The predicted molar refractivity (Wildman–Crippen MR) is 205 cm³/mol. The molecule has 1 aliphatic carbocycles. The quantitative estimate of drug-likeness (QED) is 0.178. The van der Waals surface area contributed by atoms with Crippen LogP contribution in [-0.4, -0.2) is 33.9 Å². The van der Waals surface area contributed by atoms with E-state index in [9.17, 15) is 9.59 Å². The molecule has 1 saturated carbocycles. The summed E-state index contributed by atoms with van der Waals surface area (Å²) in [6.07, 6.45) is 2.87. The Kier molecular flexibility index (Phi) is 9.73. The largest absolute Gasteiger partial charge is 0.349 e. The lowest BCUT2D eigenvalue weighted by atomic mass is 9.89. The summed E-state index contributed by atoms with van der Waals surface area (Å²) in [5.74, 6) is -0.320. The first kappa shape index (κ1) is 34.3. The Morgan fingerprint density at radius 1 is 0.580 bits per heavy atom. The molecule has 10 heteroatoms. The third-order valence-corrected chi connectivity index (χ3v) is 10.6. The van der Waals surface area contributed by atoms with Gasteiger partial charge in [0.15, 0.2) is 0 Å². The SMILES string of the molecule is Cc1c(-c2ccc(Cl)cc2Cl)nc2ccccc2c1C(=O)NC1CCC(NC(=O)c2c(C)c(-c3ccc(Cl)cc3Cl)nc3ccccc23)CC1. The van der Waals surface area contributed by atoms with Gasteiger partial charge in [-0.3, -0.25) is 9.59 Å². The van der Waals surface area contributed by atoms with Gasteiger partial charge in [0.25, 0.3) is 11.8 Å². The maximum absolute atomic E-state index is 14.0. The summed E-state index contributed by atoms with van der Waals surface area (Å²) >= 11 is 25.5. The fraction of sp³-hybridized carbons (Fsp3) is 0.200. The van der Waals surface area contributed by atoms with Crippen molar-refractivity contribution < 1.29 is 9.59 Å². The molecule has 6 nitrogen and oxygen atoms in total. The highest BCUT2D eigenvalue weighted by atomic mass is 35.5. The second-order valence-corrected chi connectivity index (χ2v) is 14.4. The van der Waals surface area contributed by atoms with E-state index in [2.05, 4.69) is 10.6 Å². The van der Waals surface area contributed by atoms with Crippen LogP contribution in [-0.2, 0) is 0 Å². The van der Waals surface area contributed by atoms with Gasteiger partial charge < -0.3 is 10.6 Å². The van der Waals surface area contributed by atoms with E-state index in [0.717, 1.165) is 47.6 Å². The third kappa shape index (κ3) is 6.66. The van der Waals surface area contributed by atoms with Crippen molar-refractivity contribution >= 4 is 80.0 Å². The number of hydrogen-bond donors (Lipinski definition) is 2. The minimum atomic E-state index is -0.160. The van der Waals surface area contributed by atoms with Crippen molar-refractivity contribution in [2.75, 3.05) is 0 Å². The van der Waals surface area contributed by atoms with E-state index >= 15 is 0 Å². The molecule has 2 amide bonds. The molecule has 1 fully saturated rings. The van der Waals surface area contributed by atoms with Gasteiger partial charge in [-0.2, -0.15) is 0 Å². The Morgan fingerprint density at radius 3 is 1.34 bits per heavy atom. The van der Waals surface area contributed by atoms with Crippen LogP contribution < -0.4 is 10.6 Å². The second kappa shape index (κ2) is 14.2. The van der Waals surface area contributed by atoms with Gasteiger partial charge in [-0.05, 0) is 99.2 Å². The van der Waals surface area contributed by atoms with Crippen molar-refractivity contribution in [1.82, 2.24) is 20.6 Å². The molecule has 1 aliphatic rings. The molecule has 6 aromatic rings. The summed E-state index contributed by atoms with van der Waals surface area (Å²) < 4.78 is 0. The Balaban J connectivity index is 1.09. The average Bonchev–Trinajstić information content (AvgIpc) is 3.09. The van der Waals surface area contributed by atoms with Gasteiger partial charge in [-0.1, -0.05) is 82.8 Å². The molecular formula is C40H32Cl4N4O2. The minimum Gasteiger partial charge on any atom is -0.349 e. The van der Waals surface area contributed by atoms with Crippen molar-refractivity contribution in [1.29, 1.82) is 0 Å². The molecule has 4 aromatic carbocycles. The van der Waals surface area contributed by atoms with Gasteiger partial charge in [0, 0.05) is 44.0 Å². The maximum atomic E-state index is 14.0. The zero-order valence-electron chi connectivity index (χ0n) is 27.3. The summed E-state index contributed by atoms with van der Waals surface area (Å²) in [5.41, 5.74) is 6.75. The molecule has 0 aliphatic heterocycles. The number of pyridine rings is 2. The fourth-order valence-corrected chi connectivity index (χ4v) is 7.98. The standard InChI is InChI=1S/C40H32Cl4N4O2/c1-21-35(29-7-3-5-9-33(29)47-37(21)27-17-11-23(41)19-31(27)43)39(49)45-25-13-15-26(16-14-25)46-40(50)36-22(2)38(28-18-12-24(42)20-32(28)44)48-34-10-6-4-8-30(34)36/h3-12,17-20,25-26H,13-16H2,1-2H3,(H,45,49)(H,46,50). The molecule has 2 N–H and O–H groups in total. The number of halogens is 4. The Hall–Kier alpha value is -4.20. The van der Waals surface area contributed by atoms with Crippen LogP contribution in [0, 0.1) is 13.8 Å². The van der Waals surface area contributed by atoms with Gasteiger partial charge in [-0.25, -0.2) is 9.97 Å². The van der Waals surface area contributed by atoms with Crippen LogP contribution in [0.25, 0.3) is 44.3 Å². The molecule has 2 aromatic heterocycles. The molecule has 0 unspecified atom stereocenters. The molecular weight excluding hydrogens is 710 g/mol. The van der Waals surface area contributed by atoms with Crippen molar-refractivity contribution in [2.24, 2.45) is 0 Å². The lowest BCUT2D eigenvalue weighted by Crippen LogP contribution is -2.44. The van der Waals surface area contributed by atoms with Crippen LogP contribution in [0.4, 0.5) is 0 Å². The van der Waals surface area contributed by atoms with Gasteiger partial charge in [-0.15, -0.1) is 0 Å². The van der Waals surface area contributed by atoms with Gasteiger partial charge in [0.2, 0.25) is 0 Å². The molecule has 7 rings (SSSR count). The van der Waals surface area contributed by atoms with Crippen molar-refractivity contribution in [2.45, 2.75) is 51.6 Å². The normalized spacial score (nSPS) is 16.0. The number of aromatic nitrogens is 2. The van der Waals surface area contributed by atoms with Crippen LogP contribution in [0.2, 0.25) is 20.1 Å². The summed E-state index contributed by atoms with van der Waals surface area (Å²) in [5, 5.41) is 10.1. The van der Waals surface area contributed by atoms with Crippen molar-refractivity contribution in [3.8, 4) is 22.5 Å². The van der Waals surface area contributed by atoms with Crippen LogP contribution in [0.1, 0.15) is 57.5 Å². The van der Waals surface area contributed by atoms with Crippen molar-refractivity contribution in [3.05, 3.63) is 127 Å². The molecule has 0 spiro atoms. The number of para-hydroxylation sites is 2. The summed E-state index contributed by atoms with van der Waals surface area (Å²) in [4.78, 5) is 37.7. The van der Waals surface area contributed by atoms with E-state index in [-0.39, 0.29) is 23.9 Å². The molecule has 2 heterocycles. The first-order valence-corrected chi connectivity index (χ1v) is 17.9. The highest BCUT2D eigenvalue weighted by molar-refractivity contribution is 6.37. The maximum Gasteiger partial charge on any atom is 0.252 e. The van der Waals surface area contributed by atoms with E-state index < -0.39 is 0 Å². The van der Waals surface area contributed by atoms with E-state index in [0.29, 0.717) is 64.8 Å². The van der Waals surface area contributed by atoms with E-state index in [1.54, 1.807) is 24.3 Å². The topological polar surface area (TPSA) is 84.0 Å². The highest BCUT2D eigenvalue weighted by Crippen LogP contribution is 2.37. The smallest absolute Gasteiger partial charge is 0.252 e. The highest BCUT2D eigenvalue weighted by Gasteiger charge is 2.28. The number of carbonyl (C=O) groups excluding carboxylic acids is 2.